The highest BCUT2D eigenvalue weighted by Gasteiger charge is 2.56. The number of hydrogen-bond acceptors (Lipinski definition) is 6. The van der Waals surface area contributed by atoms with Gasteiger partial charge in [-0.2, -0.15) is 0 Å². The van der Waals surface area contributed by atoms with Crippen LogP contribution in [0.2, 0.25) is 0 Å². The Kier molecular flexibility index (Phi) is 7.86. The third-order valence-corrected chi connectivity index (χ3v) is 11.0. The Morgan fingerprint density at radius 2 is 2.03 bits per heavy atom. The lowest BCUT2D eigenvalue weighted by Crippen LogP contribution is -2.48. The van der Waals surface area contributed by atoms with Crippen molar-refractivity contribution in [1.29, 1.82) is 0 Å². The molecule has 2 heterocycles. The highest BCUT2D eigenvalue weighted by molar-refractivity contribution is 7.92. The van der Waals surface area contributed by atoms with Crippen LogP contribution in [0.25, 0.3) is 17.2 Å². The SMILES string of the molecule is CCOC(=O)N[C@@H]1CC[C@@H]2[C@@H](C1)C[C@H]1CS(=O)(=O)[C@H](CO)[C@H]1[C@H]2/C=C/c1ccc(-c2cccc(F)c2)cn1. The van der Waals surface area contributed by atoms with E-state index < -0.39 is 21.2 Å². The number of aliphatic hydroxyl groups is 1. The Morgan fingerprint density at radius 3 is 2.74 bits per heavy atom. The molecule has 2 aliphatic carbocycles. The number of amides is 1. The van der Waals surface area contributed by atoms with Gasteiger partial charge in [-0.3, -0.25) is 4.98 Å². The van der Waals surface area contributed by atoms with E-state index in [4.69, 9.17) is 4.74 Å². The van der Waals surface area contributed by atoms with Gasteiger partial charge in [0.05, 0.1) is 29.9 Å². The number of carbonyl (C=O) groups excluding carboxylic acids is 1. The number of fused-ring (bicyclic) bond motifs is 2. The fourth-order valence-electron chi connectivity index (χ4n) is 7.13. The molecule has 0 radical (unpaired) electrons. The maximum absolute atomic E-state index is 13.6. The summed E-state index contributed by atoms with van der Waals surface area (Å²) in [6.07, 6.45) is 8.60. The van der Waals surface area contributed by atoms with Crippen molar-refractivity contribution in [3.63, 3.8) is 0 Å². The summed E-state index contributed by atoms with van der Waals surface area (Å²) in [6, 6.07) is 10.2. The first-order chi connectivity index (χ1) is 18.3. The van der Waals surface area contributed by atoms with E-state index in [9.17, 15) is 22.7 Å². The topological polar surface area (TPSA) is 106 Å². The number of hydrogen-bond donors (Lipinski definition) is 2. The molecule has 7 nitrogen and oxygen atoms in total. The molecule has 1 aliphatic heterocycles. The molecule has 7 atom stereocenters. The molecule has 3 aliphatic rings. The van der Waals surface area contributed by atoms with Crippen molar-refractivity contribution < 1.29 is 27.4 Å². The van der Waals surface area contributed by atoms with Crippen LogP contribution in [0.15, 0.2) is 48.7 Å². The number of aromatic nitrogens is 1. The van der Waals surface area contributed by atoms with Gasteiger partial charge in [0, 0.05) is 17.8 Å². The largest absolute Gasteiger partial charge is 0.450 e. The molecular weight excluding hydrogens is 507 g/mol. The summed E-state index contributed by atoms with van der Waals surface area (Å²) < 4.78 is 44.6. The van der Waals surface area contributed by atoms with E-state index in [2.05, 4.69) is 16.4 Å². The summed E-state index contributed by atoms with van der Waals surface area (Å²) in [5.74, 6) is 0.185. The summed E-state index contributed by atoms with van der Waals surface area (Å²) in [4.78, 5) is 16.5. The molecule has 1 aromatic heterocycles. The van der Waals surface area contributed by atoms with Crippen LogP contribution in [0.5, 0.6) is 0 Å². The van der Waals surface area contributed by atoms with E-state index in [0.29, 0.717) is 6.61 Å². The van der Waals surface area contributed by atoms with Crippen molar-refractivity contribution in [2.24, 2.45) is 29.6 Å². The number of rotatable bonds is 6. The molecule has 5 rings (SSSR count). The quantitative estimate of drug-likeness (QED) is 0.558. The predicted molar refractivity (Wildman–Crippen MR) is 143 cm³/mol. The lowest BCUT2D eigenvalue weighted by molar-refractivity contribution is 0.0303. The van der Waals surface area contributed by atoms with Crippen LogP contribution in [-0.2, 0) is 14.6 Å². The molecule has 1 saturated heterocycles. The van der Waals surface area contributed by atoms with Gasteiger partial charge in [-0.25, -0.2) is 17.6 Å². The zero-order valence-electron chi connectivity index (χ0n) is 21.5. The zero-order valence-corrected chi connectivity index (χ0v) is 22.3. The Labute approximate surface area is 223 Å². The molecule has 2 aromatic rings. The van der Waals surface area contributed by atoms with E-state index >= 15 is 0 Å². The first-order valence-electron chi connectivity index (χ1n) is 13.4. The highest BCUT2D eigenvalue weighted by atomic mass is 32.2. The van der Waals surface area contributed by atoms with Crippen LogP contribution in [0, 0.1) is 35.4 Å². The Balaban J connectivity index is 1.38. The number of nitrogens with zero attached hydrogens (tertiary/aromatic N) is 1. The van der Waals surface area contributed by atoms with Gasteiger partial charge < -0.3 is 15.2 Å². The maximum Gasteiger partial charge on any atom is 0.407 e. The number of sulfone groups is 1. The van der Waals surface area contributed by atoms with E-state index in [-0.39, 0.29) is 53.8 Å². The van der Waals surface area contributed by atoms with E-state index in [1.165, 1.54) is 12.1 Å². The molecule has 9 heteroatoms. The van der Waals surface area contributed by atoms with Crippen LogP contribution < -0.4 is 5.32 Å². The van der Waals surface area contributed by atoms with Crippen LogP contribution in [0.3, 0.4) is 0 Å². The maximum atomic E-state index is 13.6. The molecule has 38 heavy (non-hydrogen) atoms. The number of nitrogens with one attached hydrogen (secondary N) is 1. The second-order valence-electron chi connectivity index (χ2n) is 10.8. The minimum atomic E-state index is -3.38. The number of pyridine rings is 1. The first kappa shape index (κ1) is 26.8. The van der Waals surface area contributed by atoms with Crippen LogP contribution in [0.4, 0.5) is 9.18 Å². The normalized spacial score (nSPS) is 31.9. The number of aliphatic hydroxyl groups excluding tert-OH is 1. The van der Waals surface area contributed by atoms with Gasteiger partial charge in [-0.05, 0) is 92.0 Å². The number of benzene rings is 1. The minimum Gasteiger partial charge on any atom is -0.450 e. The average molecular weight is 543 g/mol. The number of alkyl carbamates (subject to hydrolysis) is 1. The molecule has 2 N–H and O–H groups in total. The third kappa shape index (κ3) is 5.50. The number of carbonyl (C=O) groups is 1. The number of halogens is 1. The standard InChI is InChI=1S/C29H35FN2O5S/c1-2-37-29(34)32-24-9-10-25-20(14-24)12-21-17-38(35,36)27(16-33)28(21)26(25)11-8-23-7-6-19(15-31-23)18-4-3-5-22(30)13-18/h3-8,11,13,15,20-21,24-28,33H,2,9-10,12,14,16-17H2,1H3,(H,32,34)/b11-8+/t20-,21+,24-,25-,26+,27-,28-/m1/s1. The number of ether oxygens (including phenoxy) is 1. The van der Waals surface area contributed by atoms with Crippen molar-refractivity contribution in [3.8, 4) is 11.1 Å². The van der Waals surface area contributed by atoms with Crippen molar-refractivity contribution >= 4 is 22.0 Å². The summed E-state index contributed by atoms with van der Waals surface area (Å²) in [6.45, 7) is 1.73. The zero-order chi connectivity index (χ0) is 26.9. The van der Waals surface area contributed by atoms with Crippen LogP contribution in [-0.4, -0.2) is 54.9 Å². The Morgan fingerprint density at radius 1 is 1.18 bits per heavy atom. The molecule has 204 valence electrons. The van der Waals surface area contributed by atoms with Crippen LogP contribution in [0.1, 0.15) is 38.3 Å². The Hall–Kier alpha value is -2.78. The third-order valence-electron chi connectivity index (χ3n) is 8.68. The molecule has 0 bridgehead atoms. The second kappa shape index (κ2) is 11.1. The van der Waals surface area contributed by atoms with E-state index in [1.807, 2.05) is 24.3 Å². The van der Waals surface area contributed by atoms with E-state index in [1.54, 1.807) is 19.2 Å². The van der Waals surface area contributed by atoms with Crippen molar-refractivity contribution in [2.45, 2.75) is 43.9 Å². The van der Waals surface area contributed by atoms with Crippen molar-refractivity contribution in [2.75, 3.05) is 19.0 Å². The van der Waals surface area contributed by atoms with Gasteiger partial charge >= 0.3 is 6.09 Å². The predicted octanol–water partition coefficient (Wildman–Crippen LogP) is 4.47. The van der Waals surface area contributed by atoms with Gasteiger partial charge in [0.25, 0.3) is 0 Å². The molecule has 1 aromatic carbocycles. The lowest BCUT2D eigenvalue weighted by Gasteiger charge is -2.48. The van der Waals surface area contributed by atoms with E-state index in [0.717, 1.165) is 42.5 Å². The van der Waals surface area contributed by atoms with Gasteiger partial charge in [0.15, 0.2) is 9.84 Å². The van der Waals surface area contributed by atoms with Crippen LogP contribution >= 0.6 is 0 Å². The summed E-state index contributed by atoms with van der Waals surface area (Å²) >= 11 is 0. The van der Waals surface area contributed by atoms with Gasteiger partial charge in [0.2, 0.25) is 0 Å². The molecular formula is C29H35FN2O5S. The monoisotopic (exact) mass is 542 g/mol. The highest BCUT2D eigenvalue weighted by Crippen LogP contribution is 2.54. The molecule has 3 fully saturated rings. The van der Waals surface area contributed by atoms with Gasteiger partial charge in [0.1, 0.15) is 5.82 Å². The molecule has 2 saturated carbocycles. The fourth-order valence-corrected chi connectivity index (χ4v) is 9.44. The minimum absolute atomic E-state index is 0.0126. The van der Waals surface area contributed by atoms with Crippen molar-refractivity contribution in [1.82, 2.24) is 10.3 Å². The first-order valence-corrected chi connectivity index (χ1v) is 15.2. The molecule has 0 unspecified atom stereocenters. The number of allylic oxidation sites excluding steroid dienone is 1. The molecule has 0 spiro atoms. The summed E-state index contributed by atoms with van der Waals surface area (Å²) in [5, 5.41) is 12.3. The molecule has 1 amide bonds. The van der Waals surface area contributed by atoms with Gasteiger partial charge in [-0.15, -0.1) is 0 Å². The lowest BCUT2D eigenvalue weighted by atomic mass is 9.57. The smallest absolute Gasteiger partial charge is 0.407 e. The fraction of sp³-hybridized carbons (Fsp3) is 0.517. The Bertz CT molecular complexity index is 1280. The second-order valence-corrected chi connectivity index (χ2v) is 13.1. The summed E-state index contributed by atoms with van der Waals surface area (Å²) in [7, 11) is -3.38. The average Bonchev–Trinajstić information content (AvgIpc) is 3.15. The van der Waals surface area contributed by atoms with Gasteiger partial charge in [-0.1, -0.05) is 24.3 Å². The van der Waals surface area contributed by atoms with Crippen molar-refractivity contribution in [3.05, 3.63) is 60.2 Å². The summed E-state index contributed by atoms with van der Waals surface area (Å²) in [5.41, 5.74) is 2.30.